The third kappa shape index (κ3) is 4.77. The van der Waals surface area contributed by atoms with Crippen molar-refractivity contribution in [2.75, 3.05) is 37.9 Å². The normalized spacial score (nSPS) is 18.8. The van der Waals surface area contributed by atoms with Gasteiger partial charge in [0.1, 0.15) is 5.71 Å². The van der Waals surface area contributed by atoms with Crippen molar-refractivity contribution in [3.63, 3.8) is 0 Å². The van der Waals surface area contributed by atoms with Gasteiger partial charge in [0.2, 0.25) is 5.91 Å². The molecule has 0 spiro atoms. The topological polar surface area (TPSA) is 74.2 Å². The second-order valence-electron chi connectivity index (χ2n) is 7.48. The molecule has 2 aliphatic heterocycles. The van der Waals surface area contributed by atoms with E-state index in [1.54, 1.807) is 11.3 Å². The van der Waals surface area contributed by atoms with Gasteiger partial charge in [0.25, 0.3) is 5.91 Å². The maximum atomic E-state index is 12.9. The summed E-state index contributed by atoms with van der Waals surface area (Å²) in [5.41, 5.74) is 2.12. The summed E-state index contributed by atoms with van der Waals surface area (Å²) in [5.74, 6) is -0.308. The van der Waals surface area contributed by atoms with Gasteiger partial charge in [0.15, 0.2) is 0 Å². The van der Waals surface area contributed by atoms with E-state index in [1.165, 1.54) is 9.89 Å². The van der Waals surface area contributed by atoms with Crippen molar-refractivity contribution in [1.29, 1.82) is 0 Å². The van der Waals surface area contributed by atoms with Crippen LogP contribution in [0, 0.1) is 6.92 Å². The van der Waals surface area contributed by atoms with E-state index in [0.29, 0.717) is 37.6 Å². The molecule has 8 heteroatoms. The molecule has 7 nitrogen and oxygen atoms in total. The van der Waals surface area contributed by atoms with E-state index in [0.717, 1.165) is 18.7 Å². The van der Waals surface area contributed by atoms with E-state index in [-0.39, 0.29) is 24.3 Å². The van der Waals surface area contributed by atoms with Gasteiger partial charge >= 0.3 is 0 Å². The Morgan fingerprint density at radius 3 is 2.80 bits per heavy atom. The molecule has 0 bridgehead atoms. The number of rotatable bonds is 6. The predicted octanol–water partition coefficient (Wildman–Crippen LogP) is 2.73. The summed E-state index contributed by atoms with van der Waals surface area (Å²) < 4.78 is 5.48. The highest BCUT2D eigenvalue weighted by molar-refractivity contribution is 7.10. The lowest BCUT2D eigenvalue weighted by Crippen LogP contribution is -2.45. The summed E-state index contributed by atoms with van der Waals surface area (Å²) in [6, 6.07) is 11.8. The molecule has 158 valence electrons. The number of anilines is 1. The molecule has 1 aromatic carbocycles. The number of benzene rings is 1. The molecular formula is C22H26N4O3S. The summed E-state index contributed by atoms with van der Waals surface area (Å²) in [6.07, 6.45) is 0.631. The van der Waals surface area contributed by atoms with Gasteiger partial charge < -0.3 is 10.1 Å². The van der Waals surface area contributed by atoms with Crippen LogP contribution in [0.15, 0.2) is 46.9 Å². The zero-order chi connectivity index (χ0) is 20.9. The minimum Gasteiger partial charge on any atom is -0.379 e. The minimum absolute atomic E-state index is 0.0954. The first-order valence-electron chi connectivity index (χ1n) is 10.2. The van der Waals surface area contributed by atoms with Gasteiger partial charge in [-0.25, -0.2) is 5.01 Å². The first-order chi connectivity index (χ1) is 14.6. The van der Waals surface area contributed by atoms with Gasteiger partial charge in [-0.2, -0.15) is 5.10 Å². The van der Waals surface area contributed by atoms with Gasteiger partial charge in [-0.15, -0.1) is 11.3 Å². The van der Waals surface area contributed by atoms with Crippen molar-refractivity contribution in [3.05, 3.63) is 52.2 Å². The Hall–Kier alpha value is -2.55. The van der Waals surface area contributed by atoms with Crippen LogP contribution in [0.3, 0.4) is 0 Å². The van der Waals surface area contributed by atoms with Crippen LogP contribution in [0.4, 0.5) is 5.69 Å². The molecule has 0 radical (unpaired) electrons. The van der Waals surface area contributed by atoms with Crippen LogP contribution in [0.2, 0.25) is 0 Å². The summed E-state index contributed by atoms with van der Waals surface area (Å²) in [4.78, 5) is 28.8. The molecule has 2 aliphatic rings. The average Bonchev–Trinajstić information content (AvgIpc) is 3.29. The Morgan fingerprint density at radius 2 is 2.07 bits per heavy atom. The van der Waals surface area contributed by atoms with Gasteiger partial charge in [0.05, 0.1) is 24.9 Å². The third-order valence-corrected chi connectivity index (χ3v) is 6.33. The Morgan fingerprint density at radius 1 is 1.23 bits per heavy atom. The molecular weight excluding hydrogens is 400 g/mol. The molecule has 1 atom stereocenters. The van der Waals surface area contributed by atoms with E-state index in [2.05, 4.69) is 26.8 Å². The molecule has 1 saturated heterocycles. The van der Waals surface area contributed by atoms with Crippen molar-refractivity contribution < 1.29 is 14.3 Å². The Bertz CT molecular complexity index is 922. The molecule has 1 N–H and O–H groups in total. The number of amides is 2. The van der Waals surface area contributed by atoms with E-state index >= 15 is 0 Å². The predicted molar refractivity (Wildman–Crippen MR) is 118 cm³/mol. The molecule has 30 heavy (non-hydrogen) atoms. The molecule has 2 aromatic rings. The number of carbonyl (C=O) groups excluding carboxylic acids is 2. The molecule has 0 unspecified atom stereocenters. The number of thiophene rings is 1. The van der Waals surface area contributed by atoms with Crippen LogP contribution in [-0.2, 0) is 14.3 Å². The van der Waals surface area contributed by atoms with Crippen LogP contribution < -0.4 is 10.3 Å². The fraction of sp³-hybridized carbons (Fsp3) is 0.409. The van der Waals surface area contributed by atoms with Crippen molar-refractivity contribution in [1.82, 2.24) is 10.2 Å². The SMILES string of the molecule is Cc1cccc(N2N=C(C(=O)NC[C@@H](c3cccs3)N3CCOCC3)CCC2=O)c1. The number of nitrogens with zero attached hydrogens (tertiary/aromatic N) is 3. The number of hydrogen-bond acceptors (Lipinski definition) is 6. The number of aryl methyl sites for hydroxylation is 1. The first-order valence-corrected chi connectivity index (χ1v) is 11.1. The number of hydrogen-bond donors (Lipinski definition) is 1. The molecule has 1 aromatic heterocycles. The molecule has 1 fully saturated rings. The second kappa shape index (κ2) is 9.51. The smallest absolute Gasteiger partial charge is 0.267 e. The van der Waals surface area contributed by atoms with Gasteiger partial charge in [-0.3, -0.25) is 14.5 Å². The van der Waals surface area contributed by atoms with Crippen LogP contribution in [0.25, 0.3) is 0 Å². The van der Waals surface area contributed by atoms with E-state index in [1.807, 2.05) is 37.3 Å². The first kappa shape index (κ1) is 20.7. The van der Waals surface area contributed by atoms with Crippen LogP contribution >= 0.6 is 11.3 Å². The summed E-state index contributed by atoms with van der Waals surface area (Å²) in [6.45, 7) is 5.55. The van der Waals surface area contributed by atoms with Gasteiger partial charge in [0, 0.05) is 37.4 Å². The van der Waals surface area contributed by atoms with E-state index < -0.39 is 0 Å². The summed E-state index contributed by atoms with van der Waals surface area (Å²) >= 11 is 1.69. The van der Waals surface area contributed by atoms with Crippen molar-refractivity contribution in [3.8, 4) is 0 Å². The third-order valence-electron chi connectivity index (χ3n) is 5.35. The van der Waals surface area contributed by atoms with Crippen molar-refractivity contribution >= 4 is 34.6 Å². The lowest BCUT2D eigenvalue weighted by molar-refractivity contribution is -0.119. The minimum atomic E-state index is -0.213. The highest BCUT2D eigenvalue weighted by Crippen LogP contribution is 2.26. The number of carbonyl (C=O) groups is 2. The van der Waals surface area contributed by atoms with Crippen molar-refractivity contribution in [2.45, 2.75) is 25.8 Å². The second-order valence-corrected chi connectivity index (χ2v) is 8.46. The zero-order valence-corrected chi connectivity index (χ0v) is 17.9. The van der Waals surface area contributed by atoms with Crippen LogP contribution in [0.1, 0.15) is 29.3 Å². The summed E-state index contributed by atoms with van der Waals surface area (Å²) in [7, 11) is 0. The standard InChI is InChI=1S/C22H26N4O3S/c1-16-4-2-5-17(14-16)26-21(27)8-7-18(24-26)22(28)23-15-19(20-6-3-13-30-20)25-9-11-29-12-10-25/h2-6,13-14,19H,7-12,15H2,1H3,(H,23,28)/t19-/m0/s1. The average molecular weight is 427 g/mol. The number of nitrogens with one attached hydrogen (secondary N) is 1. The fourth-order valence-corrected chi connectivity index (χ4v) is 4.61. The number of ether oxygens (including phenoxy) is 1. The van der Waals surface area contributed by atoms with Gasteiger partial charge in [-0.1, -0.05) is 18.2 Å². The summed E-state index contributed by atoms with van der Waals surface area (Å²) in [5, 5.41) is 10.8. The Labute approximate surface area is 180 Å². The quantitative estimate of drug-likeness (QED) is 0.771. The van der Waals surface area contributed by atoms with Crippen molar-refractivity contribution in [2.24, 2.45) is 5.10 Å². The van der Waals surface area contributed by atoms with Crippen LogP contribution in [-0.4, -0.2) is 55.3 Å². The highest BCUT2D eigenvalue weighted by atomic mass is 32.1. The molecule has 0 saturated carbocycles. The maximum Gasteiger partial charge on any atom is 0.267 e. The van der Waals surface area contributed by atoms with Gasteiger partial charge in [-0.05, 0) is 36.1 Å². The Balaban J connectivity index is 1.46. The number of morpholine rings is 1. The number of hydrazone groups is 1. The lowest BCUT2D eigenvalue weighted by Gasteiger charge is -2.34. The largest absolute Gasteiger partial charge is 0.379 e. The zero-order valence-electron chi connectivity index (χ0n) is 17.0. The van der Waals surface area contributed by atoms with E-state index in [4.69, 9.17) is 4.74 Å². The van der Waals surface area contributed by atoms with Crippen LogP contribution in [0.5, 0.6) is 0 Å². The maximum absolute atomic E-state index is 12.9. The molecule has 3 heterocycles. The highest BCUT2D eigenvalue weighted by Gasteiger charge is 2.28. The monoisotopic (exact) mass is 426 g/mol. The molecule has 2 amide bonds. The molecule has 0 aliphatic carbocycles. The lowest BCUT2D eigenvalue weighted by atomic mass is 10.1. The van der Waals surface area contributed by atoms with E-state index in [9.17, 15) is 9.59 Å². The Kier molecular flexibility index (Phi) is 6.56. The fourth-order valence-electron chi connectivity index (χ4n) is 3.75. The molecule has 4 rings (SSSR count).